The van der Waals surface area contributed by atoms with Crippen LogP contribution in [0, 0.1) is 0 Å². The highest BCUT2D eigenvalue weighted by Crippen LogP contribution is 2.26. The van der Waals surface area contributed by atoms with Crippen molar-refractivity contribution < 1.29 is 14.3 Å². The van der Waals surface area contributed by atoms with Crippen LogP contribution in [0.1, 0.15) is 15.9 Å². The van der Waals surface area contributed by atoms with Gasteiger partial charge in [0.2, 0.25) is 0 Å². The van der Waals surface area contributed by atoms with Gasteiger partial charge in [0.05, 0.1) is 5.56 Å². The molecular formula is C20H14O3. The van der Waals surface area contributed by atoms with Crippen LogP contribution in [0.5, 0.6) is 5.75 Å². The SMILES string of the molecule is O=Cc1c(OC(=O)C=Cc2ccccc2)ccc2ccccc12. The van der Waals surface area contributed by atoms with Gasteiger partial charge in [0.25, 0.3) is 0 Å². The van der Waals surface area contributed by atoms with E-state index in [0.717, 1.165) is 16.3 Å². The highest BCUT2D eigenvalue weighted by atomic mass is 16.5. The summed E-state index contributed by atoms with van der Waals surface area (Å²) in [6, 6.07) is 20.4. The number of rotatable bonds is 4. The summed E-state index contributed by atoms with van der Waals surface area (Å²) in [7, 11) is 0. The molecule has 0 radical (unpaired) electrons. The minimum Gasteiger partial charge on any atom is -0.423 e. The molecule has 3 aromatic carbocycles. The Balaban J connectivity index is 1.85. The molecule has 3 heteroatoms. The van der Waals surface area contributed by atoms with Gasteiger partial charge in [-0.25, -0.2) is 4.79 Å². The van der Waals surface area contributed by atoms with Crippen molar-refractivity contribution in [3.63, 3.8) is 0 Å². The lowest BCUT2D eigenvalue weighted by Crippen LogP contribution is -2.06. The van der Waals surface area contributed by atoms with Crippen molar-refractivity contribution in [1.29, 1.82) is 0 Å². The fourth-order valence-electron chi connectivity index (χ4n) is 2.36. The number of aldehydes is 1. The van der Waals surface area contributed by atoms with E-state index >= 15 is 0 Å². The van der Waals surface area contributed by atoms with Crippen LogP contribution in [0.2, 0.25) is 0 Å². The Kier molecular flexibility index (Phi) is 4.29. The van der Waals surface area contributed by atoms with Crippen molar-refractivity contribution in [2.75, 3.05) is 0 Å². The van der Waals surface area contributed by atoms with Gasteiger partial charge in [-0.2, -0.15) is 0 Å². The van der Waals surface area contributed by atoms with Crippen LogP contribution in [0.25, 0.3) is 16.8 Å². The minimum absolute atomic E-state index is 0.265. The third kappa shape index (κ3) is 3.35. The third-order valence-electron chi connectivity index (χ3n) is 3.47. The molecule has 112 valence electrons. The average molecular weight is 302 g/mol. The fourth-order valence-corrected chi connectivity index (χ4v) is 2.36. The number of ether oxygens (including phenoxy) is 1. The highest BCUT2D eigenvalue weighted by molar-refractivity contribution is 6.02. The number of carbonyl (C=O) groups is 2. The minimum atomic E-state index is -0.521. The van der Waals surface area contributed by atoms with Crippen molar-refractivity contribution in [2.24, 2.45) is 0 Å². The molecular weight excluding hydrogens is 288 g/mol. The second-order valence-corrected chi connectivity index (χ2v) is 4.98. The predicted molar refractivity (Wildman–Crippen MR) is 90.4 cm³/mol. The Bertz CT molecular complexity index is 880. The van der Waals surface area contributed by atoms with Gasteiger partial charge in [-0.1, -0.05) is 60.7 Å². The lowest BCUT2D eigenvalue weighted by atomic mass is 10.0. The molecule has 0 unspecified atom stereocenters. The molecule has 0 aliphatic heterocycles. The first kappa shape index (κ1) is 14.7. The molecule has 0 atom stereocenters. The second-order valence-electron chi connectivity index (χ2n) is 4.98. The summed E-state index contributed by atoms with van der Waals surface area (Å²) in [4.78, 5) is 23.4. The van der Waals surface area contributed by atoms with Crippen LogP contribution in [0.4, 0.5) is 0 Å². The Morgan fingerprint density at radius 1 is 0.870 bits per heavy atom. The predicted octanol–water partition coefficient (Wildman–Crippen LogP) is 4.27. The standard InChI is InChI=1S/C20H14O3/c21-14-18-17-9-5-4-8-16(17)11-12-19(18)23-20(22)13-10-15-6-2-1-3-7-15/h1-14H. The summed E-state index contributed by atoms with van der Waals surface area (Å²) in [6.45, 7) is 0. The summed E-state index contributed by atoms with van der Waals surface area (Å²) in [5, 5.41) is 1.69. The van der Waals surface area contributed by atoms with E-state index in [1.165, 1.54) is 6.08 Å². The van der Waals surface area contributed by atoms with Crippen LogP contribution in [-0.4, -0.2) is 12.3 Å². The van der Waals surface area contributed by atoms with Crippen molar-refractivity contribution in [1.82, 2.24) is 0 Å². The molecule has 0 aliphatic rings. The molecule has 0 spiro atoms. The van der Waals surface area contributed by atoms with Gasteiger partial charge in [0.1, 0.15) is 5.75 Å². The van der Waals surface area contributed by atoms with Gasteiger partial charge in [-0.15, -0.1) is 0 Å². The molecule has 0 N–H and O–H groups in total. The zero-order valence-electron chi connectivity index (χ0n) is 12.3. The van der Waals surface area contributed by atoms with Crippen molar-refractivity contribution >= 4 is 29.1 Å². The Morgan fingerprint density at radius 2 is 1.61 bits per heavy atom. The van der Waals surface area contributed by atoms with Gasteiger partial charge < -0.3 is 4.74 Å². The zero-order valence-corrected chi connectivity index (χ0v) is 12.3. The van der Waals surface area contributed by atoms with E-state index in [1.54, 1.807) is 12.1 Å². The maximum atomic E-state index is 12.0. The smallest absolute Gasteiger partial charge is 0.336 e. The third-order valence-corrected chi connectivity index (χ3v) is 3.47. The molecule has 0 aliphatic carbocycles. The summed E-state index contributed by atoms with van der Waals surface area (Å²) < 4.78 is 5.31. The van der Waals surface area contributed by atoms with Crippen LogP contribution in [0.15, 0.2) is 72.8 Å². The van der Waals surface area contributed by atoms with Crippen LogP contribution < -0.4 is 4.74 Å². The van der Waals surface area contributed by atoms with Crippen molar-refractivity contribution in [3.8, 4) is 5.75 Å². The van der Waals surface area contributed by atoms with Gasteiger partial charge in [-0.3, -0.25) is 4.79 Å². The number of hydrogen-bond acceptors (Lipinski definition) is 3. The Hall–Kier alpha value is -3.20. The van der Waals surface area contributed by atoms with E-state index in [9.17, 15) is 9.59 Å². The molecule has 23 heavy (non-hydrogen) atoms. The number of esters is 1. The average Bonchev–Trinajstić information content (AvgIpc) is 2.60. The van der Waals surface area contributed by atoms with E-state index in [1.807, 2.05) is 60.7 Å². The normalized spacial score (nSPS) is 10.8. The first-order chi connectivity index (χ1) is 11.3. The number of fused-ring (bicyclic) bond motifs is 1. The molecule has 0 aromatic heterocycles. The largest absolute Gasteiger partial charge is 0.423 e. The summed E-state index contributed by atoms with van der Waals surface area (Å²) in [5.74, 6) is -0.256. The Labute approximate surface area is 133 Å². The van der Waals surface area contributed by atoms with Crippen LogP contribution >= 0.6 is 0 Å². The van der Waals surface area contributed by atoms with Crippen molar-refractivity contribution in [2.45, 2.75) is 0 Å². The van der Waals surface area contributed by atoms with Gasteiger partial charge >= 0.3 is 5.97 Å². The molecule has 0 fully saturated rings. The number of hydrogen-bond donors (Lipinski definition) is 0. The van der Waals surface area contributed by atoms with E-state index in [0.29, 0.717) is 11.8 Å². The molecule has 0 heterocycles. The van der Waals surface area contributed by atoms with Crippen LogP contribution in [-0.2, 0) is 4.79 Å². The lowest BCUT2D eigenvalue weighted by molar-refractivity contribution is -0.128. The monoisotopic (exact) mass is 302 g/mol. The highest BCUT2D eigenvalue weighted by Gasteiger charge is 2.10. The van der Waals surface area contributed by atoms with Gasteiger partial charge in [0.15, 0.2) is 6.29 Å². The molecule has 3 rings (SSSR count). The first-order valence-corrected chi connectivity index (χ1v) is 7.20. The van der Waals surface area contributed by atoms with E-state index in [2.05, 4.69) is 0 Å². The first-order valence-electron chi connectivity index (χ1n) is 7.20. The summed E-state index contributed by atoms with van der Waals surface area (Å²) in [6.07, 6.45) is 3.73. The zero-order chi connectivity index (χ0) is 16.1. The van der Waals surface area contributed by atoms with Gasteiger partial charge in [0, 0.05) is 6.08 Å². The molecule has 0 amide bonds. The quantitative estimate of drug-likeness (QED) is 0.313. The lowest BCUT2D eigenvalue weighted by Gasteiger charge is -2.07. The maximum absolute atomic E-state index is 12.0. The molecule has 0 saturated heterocycles. The Morgan fingerprint density at radius 3 is 2.39 bits per heavy atom. The number of carbonyl (C=O) groups excluding carboxylic acids is 2. The van der Waals surface area contributed by atoms with Gasteiger partial charge in [-0.05, 0) is 28.5 Å². The summed E-state index contributed by atoms with van der Waals surface area (Å²) >= 11 is 0. The molecule has 3 nitrogen and oxygen atoms in total. The maximum Gasteiger partial charge on any atom is 0.336 e. The molecule has 0 bridgehead atoms. The fraction of sp³-hybridized carbons (Fsp3) is 0. The molecule has 0 saturated carbocycles. The second kappa shape index (κ2) is 6.71. The number of benzene rings is 3. The molecule has 3 aromatic rings. The van der Waals surface area contributed by atoms with E-state index < -0.39 is 5.97 Å². The van der Waals surface area contributed by atoms with Crippen molar-refractivity contribution in [3.05, 3.63) is 83.9 Å². The van der Waals surface area contributed by atoms with E-state index in [-0.39, 0.29) is 5.75 Å². The van der Waals surface area contributed by atoms with E-state index in [4.69, 9.17) is 4.74 Å². The van der Waals surface area contributed by atoms with Crippen LogP contribution in [0.3, 0.4) is 0 Å². The topological polar surface area (TPSA) is 43.4 Å². The summed E-state index contributed by atoms with van der Waals surface area (Å²) in [5.41, 5.74) is 1.28.